The zero-order valence-electron chi connectivity index (χ0n) is 11.1. The molecule has 110 valence electrons. The van der Waals surface area contributed by atoms with Crippen LogP contribution in [0.25, 0.3) is 0 Å². The Balaban J connectivity index is 2.10. The number of carboxylic acid groups (broad SMARTS) is 1. The molecule has 3 N–H and O–H groups in total. The number of ether oxygens (including phenoxy) is 2. The smallest absolute Gasteiger partial charge is 0.327 e. The van der Waals surface area contributed by atoms with Gasteiger partial charge in [-0.05, 0) is 26.2 Å². The molecular formula is C13H22O6. The number of carbonyl (C=O) groups is 1. The van der Waals surface area contributed by atoms with Gasteiger partial charge in [-0.2, -0.15) is 0 Å². The summed E-state index contributed by atoms with van der Waals surface area (Å²) >= 11 is 0. The van der Waals surface area contributed by atoms with Crippen molar-refractivity contribution in [3.63, 3.8) is 0 Å². The van der Waals surface area contributed by atoms with E-state index in [1.54, 1.807) is 13.0 Å². The minimum Gasteiger partial charge on any atom is -0.478 e. The van der Waals surface area contributed by atoms with E-state index < -0.39 is 24.5 Å². The Labute approximate surface area is 112 Å². The zero-order valence-corrected chi connectivity index (χ0v) is 11.1. The summed E-state index contributed by atoms with van der Waals surface area (Å²) in [6, 6.07) is 0. The van der Waals surface area contributed by atoms with Crippen LogP contribution in [0.2, 0.25) is 0 Å². The minimum atomic E-state index is -0.942. The Morgan fingerprint density at radius 3 is 2.79 bits per heavy atom. The van der Waals surface area contributed by atoms with Crippen molar-refractivity contribution >= 4 is 5.97 Å². The van der Waals surface area contributed by atoms with Gasteiger partial charge >= 0.3 is 5.97 Å². The lowest BCUT2D eigenvalue weighted by Crippen LogP contribution is -2.47. The van der Waals surface area contributed by atoms with Gasteiger partial charge in [-0.3, -0.25) is 0 Å². The first kappa shape index (κ1) is 16.1. The van der Waals surface area contributed by atoms with Crippen molar-refractivity contribution in [2.75, 3.05) is 6.61 Å². The second-order valence-corrected chi connectivity index (χ2v) is 4.69. The van der Waals surface area contributed by atoms with Crippen molar-refractivity contribution in [2.24, 2.45) is 0 Å². The van der Waals surface area contributed by atoms with Gasteiger partial charge < -0.3 is 24.8 Å². The zero-order chi connectivity index (χ0) is 14.3. The lowest BCUT2D eigenvalue weighted by atomic mass is 10.0. The Kier molecular flexibility index (Phi) is 7.01. The molecule has 0 spiro atoms. The maximum absolute atomic E-state index is 10.2. The normalized spacial score (nSPS) is 31.7. The Morgan fingerprint density at radius 1 is 1.37 bits per heavy atom. The van der Waals surface area contributed by atoms with Crippen molar-refractivity contribution < 1.29 is 29.6 Å². The maximum atomic E-state index is 10.2. The van der Waals surface area contributed by atoms with Gasteiger partial charge in [0.05, 0.1) is 12.2 Å². The van der Waals surface area contributed by atoms with E-state index in [9.17, 15) is 15.0 Å². The molecule has 1 rings (SSSR count). The fourth-order valence-corrected chi connectivity index (χ4v) is 1.84. The number of aliphatic carboxylic acids is 1. The predicted molar refractivity (Wildman–Crippen MR) is 67.5 cm³/mol. The van der Waals surface area contributed by atoms with Crippen LogP contribution < -0.4 is 0 Å². The monoisotopic (exact) mass is 274 g/mol. The first-order valence-electron chi connectivity index (χ1n) is 6.53. The molecule has 1 aliphatic rings. The third-order valence-corrected chi connectivity index (χ3v) is 3.00. The second kappa shape index (κ2) is 8.27. The van der Waals surface area contributed by atoms with Gasteiger partial charge in [-0.25, -0.2) is 4.79 Å². The highest BCUT2D eigenvalue weighted by Crippen LogP contribution is 2.21. The first-order chi connectivity index (χ1) is 9.00. The van der Waals surface area contributed by atoms with Crippen molar-refractivity contribution in [1.82, 2.24) is 0 Å². The average Bonchev–Trinajstić information content (AvgIpc) is 2.33. The fraction of sp³-hybridized carbons (Fsp3) is 0.769. The summed E-state index contributed by atoms with van der Waals surface area (Å²) in [7, 11) is 0. The summed E-state index contributed by atoms with van der Waals surface area (Å²) in [6.07, 6.45) is 2.74. The molecule has 1 aliphatic heterocycles. The van der Waals surface area contributed by atoms with E-state index in [1.165, 1.54) is 0 Å². The maximum Gasteiger partial charge on any atom is 0.327 e. The van der Waals surface area contributed by atoms with E-state index >= 15 is 0 Å². The van der Waals surface area contributed by atoms with Crippen LogP contribution in [0.5, 0.6) is 0 Å². The van der Waals surface area contributed by atoms with Crippen molar-refractivity contribution in [3.8, 4) is 0 Å². The third kappa shape index (κ3) is 6.15. The third-order valence-electron chi connectivity index (χ3n) is 3.00. The van der Waals surface area contributed by atoms with Gasteiger partial charge in [0.2, 0.25) is 0 Å². The number of hydrogen-bond acceptors (Lipinski definition) is 5. The molecule has 0 bridgehead atoms. The molecule has 4 atom stereocenters. The van der Waals surface area contributed by atoms with Gasteiger partial charge in [-0.1, -0.05) is 6.08 Å². The second-order valence-electron chi connectivity index (χ2n) is 4.69. The predicted octanol–water partition coefficient (Wildman–Crippen LogP) is 0.671. The molecule has 0 aromatic heterocycles. The standard InChI is InChI=1S/C13H22O6/c1-9-10(14)8-11(15)13(19-9)18-7-5-3-2-4-6-12(16)17/h4,6,9-11,13-15H,2-3,5,7-8H2,1H3,(H,16,17). The van der Waals surface area contributed by atoms with Crippen molar-refractivity contribution in [2.45, 2.75) is 57.2 Å². The van der Waals surface area contributed by atoms with Gasteiger partial charge in [-0.15, -0.1) is 0 Å². The number of unbranched alkanes of at least 4 members (excludes halogenated alkanes) is 2. The Bertz CT molecular complexity index is 304. The summed E-state index contributed by atoms with van der Waals surface area (Å²) in [6.45, 7) is 2.18. The highest BCUT2D eigenvalue weighted by Gasteiger charge is 2.34. The van der Waals surface area contributed by atoms with Crippen LogP contribution in [0, 0.1) is 0 Å². The van der Waals surface area contributed by atoms with Gasteiger partial charge in [0.25, 0.3) is 0 Å². The van der Waals surface area contributed by atoms with Gasteiger partial charge in [0.15, 0.2) is 6.29 Å². The van der Waals surface area contributed by atoms with Crippen LogP contribution in [-0.2, 0) is 14.3 Å². The molecule has 0 aromatic carbocycles. The number of hydrogen-bond donors (Lipinski definition) is 3. The molecule has 19 heavy (non-hydrogen) atoms. The summed E-state index contributed by atoms with van der Waals surface area (Å²) in [5, 5.41) is 27.5. The first-order valence-corrected chi connectivity index (χ1v) is 6.53. The summed E-state index contributed by atoms with van der Waals surface area (Å²) in [5.41, 5.74) is 0. The van der Waals surface area contributed by atoms with E-state index in [2.05, 4.69) is 0 Å². The fourth-order valence-electron chi connectivity index (χ4n) is 1.84. The molecule has 4 unspecified atom stereocenters. The van der Waals surface area contributed by atoms with E-state index in [4.69, 9.17) is 14.6 Å². The number of carboxylic acids is 1. The number of aliphatic hydroxyl groups is 2. The van der Waals surface area contributed by atoms with E-state index in [1.807, 2.05) is 0 Å². The average molecular weight is 274 g/mol. The van der Waals surface area contributed by atoms with Crippen LogP contribution in [0.15, 0.2) is 12.2 Å². The minimum absolute atomic E-state index is 0.257. The molecule has 0 amide bonds. The van der Waals surface area contributed by atoms with E-state index in [0.29, 0.717) is 13.0 Å². The molecule has 6 heteroatoms. The highest BCUT2D eigenvalue weighted by molar-refractivity contribution is 5.79. The molecule has 0 aromatic rings. The quantitative estimate of drug-likeness (QED) is 0.466. The van der Waals surface area contributed by atoms with Crippen LogP contribution in [0.3, 0.4) is 0 Å². The molecule has 0 aliphatic carbocycles. The molecule has 1 fully saturated rings. The van der Waals surface area contributed by atoms with E-state index in [-0.39, 0.29) is 12.5 Å². The molecule has 1 saturated heterocycles. The van der Waals surface area contributed by atoms with Crippen LogP contribution in [0.1, 0.15) is 32.6 Å². The lowest BCUT2D eigenvalue weighted by Gasteiger charge is -2.35. The van der Waals surface area contributed by atoms with Crippen LogP contribution in [-0.4, -0.2) is 52.5 Å². The Morgan fingerprint density at radius 2 is 2.11 bits per heavy atom. The molecule has 1 heterocycles. The van der Waals surface area contributed by atoms with Gasteiger partial charge in [0, 0.05) is 19.1 Å². The number of allylic oxidation sites excluding steroid dienone is 1. The number of aliphatic hydroxyl groups excluding tert-OH is 2. The lowest BCUT2D eigenvalue weighted by molar-refractivity contribution is -0.261. The molecular weight excluding hydrogens is 252 g/mol. The molecule has 0 saturated carbocycles. The summed E-state index contributed by atoms with van der Waals surface area (Å²) in [5.74, 6) is -0.942. The SMILES string of the molecule is CC1OC(OCCCCC=CC(=O)O)C(O)CC1O. The molecule has 6 nitrogen and oxygen atoms in total. The summed E-state index contributed by atoms with van der Waals surface area (Å²) in [4.78, 5) is 10.2. The molecule has 0 radical (unpaired) electrons. The largest absolute Gasteiger partial charge is 0.478 e. The number of rotatable bonds is 7. The van der Waals surface area contributed by atoms with Crippen molar-refractivity contribution in [3.05, 3.63) is 12.2 Å². The highest BCUT2D eigenvalue weighted by atomic mass is 16.7. The van der Waals surface area contributed by atoms with Crippen molar-refractivity contribution in [1.29, 1.82) is 0 Å². The van der Waals surface area contributed by atoms with Crippen LogP contribution in [0.4, 0.5) is 0 Å². The summed E-state index contributed by atoms with van der Waals surface area (Å²) < 4.78 is 10.8. The topological polar surface area (TPSA) is 96.2 Å². The Hall–Kier alpha value is -0.950. The van der Waals surface area contributed by atoms with Gasteiger partial charge in [0.1, 0.15) is 6.10 Å². The van der Waals surface area contributed by atoms with E-state index in [0.717, 1.165) is 18.9 Å². The van der Waals surface area contributed by atoms with Crippen LogP contribution >= 0.6 is 0 Å².